The zero-order chi connectivity index (χ0) is 21.0. The Morgan fingerprint density at radius 1 is 0.867 bits per heavy atom. The van der Waals surface area contributed by atoms with Gasteiger partial charge < -0.3 is 0 Å². The lowest BCUT2D eigenvalue weighted by Gasteiger charge is -2.23. The summed E-state index contributed by atoms with van der Waals surface area (Å²) in [6.45, 7) is 0.520. The number of aromatic nitrogens is 1. The third-order valence-corrected chi connectivity index (χ3v) is 7.47. The summed E-state index contributed by atoms with van der Waals surface area (Å²) >= 11 is 7.62. The van der Waals surface area contributed by atoms with E-state index in [2.05, 4.69) is 4.98 Å². The Bertz CT molecular complexity index is 1210. The lowest BCUT2D eigenvalue weighted by atomic mass is 10.1. The van der Waals surface area contributed by atoms with E-state index in [1.165, 1.54) is 10.4 Å². The summed E-state index contributed by atoms with van der Waals surface area (Å²) in [6, 6.07) is 23.8. The Morgan fingerprint density at radius 3 is 2.20 bits per heavy atom. The monoisotopic (exact) mass is 454 g/mol. The first kappa shape index (κ1) is 20.8. The van der Waals surface area contributed by atoms with Gasteiger partial charge in [0.1, 0.15) is 5.01 Å². The van der Waals surface area contributed by atoms with Gasteiger partial charge in [0.25, 0.3) is 0 Å². The smallest absolute Gasteiger partial charge is 0.243 e. The average molecular weight is 455 g/mol. The van der Waals surface area contributed by atoms with E-state index >= 15 is 0 Å². The van der Waals surface area contributed by atoms with Gasteiger partial charge in [0.05, 0.1) is 4.90 Å². The van der Waals surface area contributed by atoms with Crippen molar-refractivity contribution in [1.29, 1.82) is 0 Å². The molecule has 0 fully saturated rings. The topological polar surface area (TPSA) is 50.3 Å². The number of halogens is 1. The van der Waals surface area contributed by atoms with Crippen molar-refractivity contribution in [3.8, 4) is 10.6 Å². The molecule has 0 aliphatic carbocycles. The summed E-state index contributed by atoms with van der Waals surface area (Å²) in [5.74, 6) is 0. The van der Waals surface area contributed by atoms with Gasteiger partial charge in [0, 0.05) is 35.3 Å². The van der Waals surface area contributed by atoms with Gasteiger partial charge in [-0.15, -0.1) is 11.3 Å². The van der Waals surface area contributed by atoms with Crippen molar-refractivity contribution >= 4 is 33.0 Å². The maximum Gasteiger partial charge on any atom is 0.243 e. The molecular weight excluding hydrogens is 436 g/mol. The highest BCUT2D eigenvalue weighted by molar-refractivity contribution is 7.89. The third kappa shape index (κ3) is 4.79. The molecule has 0 atom stereocenters. The van der Waals surface area contributed by atoms with Crippen molar-refractivity contribution in [2.75, 3.05) is 0 Å². The molecule has 0 amide bonds. The molecule has 0 aliphatic rings. The molecule has 0 saturated heterocycles. The van der Waals surface area contributed by atoms with Crippen LogP contribution in [0.2, 0.25) is 5.02 Å². The summed E-state index contributed by atoms with van der Waals surface area (Å²) in [5.41, 5.74) is 2.83. The molecule has 4 aromatic rings. The molecule has 1 heterocycles. The van der Waals surface area contributed by atoms with Crippen LogP contribution in [0.1, 0.15) is 11.1 Å². The summed E-state index contributed by atoms with van der Waals surface area (Å²) in [6.07, 6.45) is 1.77. The van der Waals surface area contributed by atoms with Crippen LogP contribution >= 0.6 is 22.9 Å². The highest BCUT2D eigenvalue weighted by Gasteiger charge is 2.25. The molecule has 4 rings (SSSR count). The lowest BCUT2D eigenvalue weighted by Crippen LogP contribution is -2.30. The molecular formula is C23H19ClN2O2S2. The second-order valence-electron chi connectivity index (χ2n) is 6.75. The minimum absolute atomic E-state index is 0.185. The van der Waals surface area contributed by atoms with Gasteiger partial charge in [-0.05, 0) is 29.3 Å². The maximum absolute atomic E-state index is 13.4. The van der Waals surface area contributed by atoms with Gasteiger partial charge in [-0.25, -0.2) is 13.4 Å². The molecule has 0 bridgehead atoms. The van der Waals surface area contributed by atoms with E-state index in [1.807, 2.05) is 60.0 Å². The largest absolute Gasteiger partial charge is 0.245 e. The Hall–Kier alpha value is -2.51. The first-order valence-corrected chi connectivity index (χ1v) is 12.0. The predicted molar refractivity (Wildman–Crippen MR) is 122 cm³/mol. The Kier molecular flexibility index (Phi) is 6.29. The van der Waals surface area contributed by atoms with Crippen LogP contribution < -0.4 is 0 Å². The molecule has 0 aliphatic heterocycles. The predicted octanol–water partition coefficient (Wildman–Crippen LogP) is 5.85. The van der Waals surface area contributed by atoms with E-state index in [1.54, 1.807) is 35.7 Å². The summed E-state index contributed by atoms with van der Waals surface area (Å²) < 4.78 is 28.3. The van der Waals surface area contributed by atoms with Crippen molar-refractivity contribution in [2.24, 2.45) is 0 Å². The highest BCUT2D eigenvalue weighted by atomic mass is 35.5. The van der Waals surface area contributed by atoms with E-state index in [0.717, 1.165) is 21.7 Å². The number of nitrogens with zero attached hydrogens (tertiary/aromatic N) is 2. The van der Waals surface area contributed by atoms with Gasteiger partial charge in [0.15, 0.2) is 0 Å². The van der Waals surface area contributed by atoms with Crippen LogP contribution in [0.3, 0.4) is 0 Å². The second-order valence-corrected chi connectivity index (χ2v) is 10.0. The van der Waals surface area contributed by atoms with Crippen LogP contribution in [-0.4, -0.2) is 17.7 Å². The average Bonchev–Trinajstić information content (AvgIpc) is 3.29. The summed E-state index contributed by atoms with van der Waals surface area (Å²) in [7, 11) is -3.73. The maximum atomic E-state index is 13.4. The normalized spacial score (nSPS) is 11.7. The number of rotatable bonds is 7. The molecule has 0 unspecified atom stereocenters. The summed E-state index contributed by atoms with van der Waals surface area (Å²) in [4.78, 5) is 4.51. The van der Waals surface area contributed by atoms with Crippen LogP contribution in [0.4, 0.5) is 0 Å². The molecule has 1 aromatic heterocycles. The Balaban J connectivity index is 1.65. The van der Waals surface area contributed by atoms with E-state index in [0.29, 0.717) is 5.02 Å². The molecule has 0 radical (unpaired) electrons. The molecule has 3 aromatic carbocycles. The van der Waals surface area contributed by atoms with Gasteiger partial charge in [-0.2, -0.15) is 4.31 Å². The van der Waals surface area contributed by atoms with Gasteiger partial charge in [-0.3, -0.25) is 0 Å². The first-order chi connectivity index (χ1) is 14.5. The van der Waals surface area contributed by atoms with Crippen LogP contribution in [0, 0.1) is 0 Å². The van der Waals surface area contributed by atoms with Crippen LogP contribution in [0.25, 0.3) is 10.6 Å². The molecule has 0 spiro atoms. The van der Waals surface area contributed by atoms with Gasteiger partial charge >= 0.3 is 0 Å². The van der Waals surface area contributed by atoms with Crippen molar-refractivity contribution in [3.63, 3.8) is 0 Å². The quantitative estimate of drug-likeness (QED) is 0.351. The number of sulfonamides is 1. The zero-order valence-corrected chi connectivity index (χ0v) is 18.4. The standard InChI is InChI=1S/C23H19ClN2O2S2/c24-21-7-4-8-22(15-21)30(27,28)26(16-18-5-2-1-3-6-18)17-19-9-11-20(12-10-19)23-25-13-14-29-23/h1-15H,16-17H2. The molecule has 7 heteroatoms. The summed E-state index contributed by atoms with van der Waals surface area (Å²) in [5, 5.41) is 3.26. The van der Waals surface area contributed by atoms with E-state index in [9.17, 15) is 8.42 Å². The van der Waals surface area contributed by atoms with Crippen LogP contribution in [0.5, 0.6) is 0 Å². The molecule has 0 saturated carbocycles. The van der Waals surface area contributed by atoms with Gasteiger partial charge in [0.2, 0.25) is 10.0 Å². The molecule has 152 valence electrons. The van der Waals surface area contributed by atoms with E-state index < -0.39 is 10.0 Å². The molecule has 4 nitrogen and oxygen atoms in total. The second kappa shape index (κ2) is 9.10. The van der Waals surface area contributed by atoms with Crippen molar-refractivity contribution in [1.82, 2.24) is 9.29 Å². The SMILES string of the molecule is O=S(=O)(c1cccc(Cl)c1)N(Cc1ccccc1)Cc1ccc(-c2nccs2)cc1. The number of hydrogen-bond acceptors (Lipinski definition) is 4. The third-order valence-electron chi connectivity index (χ3n) is 4.63. The minimum atomic E-state index is -3.73. The van der Waals surface area contributed by atoms with Crippen LogP contribution in [0.15, 0.2) is 95.3 Å². The number of hydrogen-bond donors (Lipinski definition) is 0. The lowest BCUT2D eigenvalue weighted by molar-refractivity contribution is 0.401. The van der Waals surface area contributed by atoms with E-state index in [4.69, 9.17) is 11.6 Å². The van der Waals surface area contributed by atoms with Crippen molar-refractivity contribution in [2.45, 2.75) is 18.0 Å². The fourth-order valence-electron chi connectivity index (χ4n) is 3.11. The first-order valence-electron chi connectivity index (χ1n) is 9.31. The fraction of sp³-hybridized carbons (Fsp3) is 0.0870. The van der Waals surface area contributed by atoms with Gasteiger partial charge in [-0.1, -0.05) is 72.3 Å². The highest BCUT2D eigenvalue weighted by Crippen LogP contribution is 2.26. The number of thiazole rings is 1. The number of benzene rings is 3. The Morgan fingerprint density at radius 2 is 1.57 bits per heavy atom. The Labute approximate surface area is 185 Å². The molecule has 0 N–H and O–H groups in total. The minimum Gasteiger partial charge on any atom is -0.245 e. The van der Waals surface area contributed by atoms with E-state index in [-0.39, 0.29) is 18.0 Å². The molecule has 30 heavy (non-hydrogen) atoms. The van der Waals surface area contributed by atoms with Crippen molar-refractivity contribution in [3.05, 3.63) is 107 Å². The van der Waals surface area contributed by atoms with Crippen LogP contribution in [-0.2, 0) is 23.1 Å². The van der Waals surface area contributed by atoms with Crippen molar-refractivity contribution < 1.29 is 8.42 Å². The zero-order valence-electron chi connectivity index (χ0n) is 16.0. The fourth-order valence-corrected chi connectivity index (χ4v) is 5.47.